The van der Waals surface area contributed by atoms with Gasteiger partial charge in [0.15, 0.2) is 5.60 Å². The first-order chi connectivity index (χ1) is 22.4. The Hall–Kier alpha value is -3.58. The number of aliphatic hydroxyl groups is 1. The van der Waals surface area contributed by atoms with E-state index in [1.807, 2.05) is 79.7 Å². The van der Waals surface area contributed by atoms with E-state index in [2.05, 4.69) is 15.9 Å². The highest BCUT2D eigenvalue weighted by Gasteiger charge is 2.67. The molecule has 4 atom stereocenters. The van der Waals surface area contributed by atoms with E-state index in [4.69, 9.17) is 9.47 Å². The second kappa shape index (κ2) is 13.1. The van der Waals surface area contributed by atoms with Gasteiger partial charge in [0.25, 0.3) is 5.91 Å². The topological polar surface area (TPSA) is 99.6 Å². The van der Waals surface area contributed by atoms with Crippen LogP contribution in [0.15, 0.2) is 77.3 Å². The van der Waals surface area contributed by atoms with E-state index in [9.17, 15) is 19.5 Å². The van der Waals surface area contributed by atoms with Gasteiger partial charge in [-0.2, -0.15) is 0 Å². The Balaban J connectivity index is 1.31. The van der Waals surface area contributed by atoms with E-state index in [1.165, 1.54) is 0 Å². The highest BCUT2D eigenvalue weighted by molar-refractivity contribution is 9.10. The van der Waals surface area contributed by atoms with Crippen LogP contribution in [0, 0.1) is 5.92 Å². The molecule has 9 nitrogen and oxygen atoms in total. The van der Waals surface area contributed by atoms with Gasteiger partial charge in [-0.3, -0.25) is 14.5 Å². The van der Waals surface area contributed by atoms with Crippen molar-refractivity contribution in [1.82, 2.24) is 4.90 Å². The van der Waals surface area contributed by atoms with E-state index in [0.717, 1.165) is 15.6 Å². The maximum atomic E-state index is 16.3. The molecule has 0 aromatic heterocycles. The van der Waals surface area contributed by atoms with Crippen LogP contribution in [0.5, 0.6) is 0 Å². The number of hydrogen-bond acceptors (Lipinski definition) is 6. The van der Waals surface area contributed by atoms with E-state index in [1.54, 1.807) is 27.8 Å². The number of amides is 3. The number of cyclic esters (lactones) is 1. The van der Waals surface area contributed by atoms with Crippen LogP contribution in [-0.2, 0) is 37.8 Å². The predicted molar refractivity (Wildman–Crippen MR) is 182 cm³/mol. The summed E-state index contributed by atoms with van der Waals surface area (Å²) in [6, 6.07) is 22.5. The molecule has 3 aliphatic rings. The van der Waals surface area contributed by atoms with Gasteiger partial charge < -0.3 is 28.5 Å². The van der Waals surface area contributed by atoms with Crippen LogP contribution < -0.4 is 9.80 Å². The Morgan fingerprint density at radius 1 is 1.09 bits per heavy atom. The summed E-state index contributed by atoms with van der Waals surface area (Å²) in [6.07, 6.45) is -1.33. The van der Waals surface area contributed by atoms with Crippen LogP contribution in [0.4, 0.5) is 20.3 Å². The summed E-state index contributed by atoms with van der Waals surface area (Å²) < 4.78 is 28.9. The number of nitrogens with zero attached hydrogens (tertiary/aromatic N) is 3. The molecule has 3 aromatic carbocycles. The SMILES string of the molecule is C[C@H]1[C@H]([Si](C)(C)F)[C@@H](CC(=O)N(CCO)Cc2ccccc2)O[C@]12C(=O)N(Cc1ccc(N3CCOC3=O)cc1)c1ccc(Br)cc12. The van der Waals surface area contributed by atoms with Crippen molar-refractivity contribution in [3.8, 4) is 0 Å². The summed E-state index contributed by atoms with van der Waals surface area (Å²) >= 11 is 3.57. The van der Waals surface area contributed by atoms with Gasteiger partial charge in [-0.05, 0) is 54.6 Å². The highest BCUT2D eigenvalue weighted by Crippen LogP contribution is 2.60. The number of hydrogen-bond donors (Lipinski definition) is 1. The average Bonchev–Trinajstić information content (AvgIpc) is 3.66. The van der Waals surface area contributed by atoms with Crippen LogP contribution >= 0.6 is 15.9 Å². The summed E-state index contributed by atoms with van der Waals surface area (Å²) in [5.41, 5.74) is 1.67. The normalized spacial score (nSPS) is 23.8. The lowest BCUT2D eigenvalue weighted by Gasteiger charge is -2.31. The van der Waals surface area contributed by atoms with Gasteiger partial charge in [0, 0.05) is 40.3 Å². The minimum absolute atomic E-state index is 0.110. The molecule has 47 heavy (non-hydrogen) atoms. The molecule has 2 fully saturated rings. The zero-order valence-electron chi connectivity index (χ0n) is 26.7. The minimum atomic E-state index is -3.49. The number of fused-ring (bicyclic) bond motifs is 2. The first-order valence-electron chi connectivity index (χ1n) is 15.9. The molecule has 3 aliphatic heterocycles. The lowest BCUT2D eigenvalue weighted by molar-refractivity contribution is -0.150. The van der Waals surface area contributed by atoms with Gasteiger partial charge in [0.2, 0.25) is 14.3 Å². The maximum absolute atomic E-state index is 16.3. The van der Waals surface area contributed by atoms with Gasteiger partial charge in [-0.15, -0.1) is 0 Å². The third-order valence-corrected chi connectivity index (χ3v) is 12.5. The predicted octanol–water partition coefficient (Wildman–Crippen LogP) is 6.14. The molecular formula is C35H39BrFN3O6Si. The summed E-state index contributed by atoms with van der Waals surface area (Å²) in [6.45, 7) is 6.37. The molecule has 3 amide bonds. The largest absolute Gasteiger partial charge is 0.447 e. The van der Waals surface area contributed by atoms with Gasteiger partial charge >= 0.3 is 6.09 Å². The third-order valence-electron chi connectivity index (χ3n) is 9.59. The fourth-order valence-corrected chi connectivity index (χ4v) is 10.3. The van der Waals surface area contributed by atoms with E-state index in [0.29, 0.717) is 36.6 Å². The third kappa shape index (κ3) is 6.24. The van der Waals surface area contributed by atoms with Gasteiger partial charge in [-0.25, -0.2) is 4.79 Å². The van der Waals surface area contributed by atoms with Gasteiger partial charge in [0.1, 0.15) is 6.61 Å². The number of anilines is 2. The number of carbonyl (C=O) groups is 3. The van der Waals surface area contributed by atoms with Crippen molar-refractivity contribution in [2.75, 3.05) is 36.1 Å². The molecule has 6 rings (SSSR count). The molecule has 1 spiro atoms. The fraction of sp³-hybridized carbons (Fsp3) is 0.400. The lowest BCUT2D eigenvalue weighted by Crippen LogP contribution is -2.45. The molecule has 12 heteroatoms. The number of ether oxygens (including phenoxy) is 2. The van der Waals surface area contributed by atoms with Crippen molar-refractivity contribution >= 4 is 53.6 Å². The Morgan fingerprint density at radius 2 is 1.81 bits per heavy atom. The van der Waals surface area contributed by atoms with Crippen molar-refractivity contribution in [1.29, 1.82) is 0 Å². The molecule has 0 aliphatic carbocycles. The number of carbonyl (C=O) groups excluding carboxylic acids is 3. The number of aliphatic hydroxyl groups excluding tert-OH is 1. The second-order valence-corrected chi connectivity index (χ2v) is 17.7. The molecule has 2 saturated heterocycles. The molecule has 0 saturated carbocycles. The molecule has 3 aromatic rings. The first kappa shape index (κ1) is 33.3. The van der Waals surface area contributed by atoms with Gasteiger partial charge in [0.05, 0.1) is 37.9 Å². The van der Waals surface area contributed by atoms with E-state index < -0.39 is 31.6 Å². The Morgan fingerprint density at radius 3 is 2.45 bits per heavy atom. The zero-order chi connectivity index (χ0) is 33.5. The highest BCUT2D eigenvalue weighted by atomic mass is 79.9. The minimum Gasteiger partial charge on any atom is -0.447 e. The summed E-state index contributed by atoms with van der Waals surface area (Å²) in [5, 5.41) is 9.76. The van der Waals surface area contributed by atoms with Gasteiger partial charge in [-0.1, -0.05) is 65.3 Å². The zero-order valence-corrected chi connectivity index (χ0v) is 29.3. The number of benzene rings is 3. The van der Waals surface area contributed by atoms with Crippen molar-refractivity contribution < 1.29 is 33.1 Å². The number of rotatable bonds is 10. The molecule has 0 bridgehead atoms. The van der Waals surface area contributed by atoms with Crippen LogP contribution in [-0.4, -0.2) is 68.7 Å². The molecule has 0 radical (unpaired) electrons. The molecule has 3 heterocycles. The lowest BCUT2D eigenvalue weighted by atomic mass is 9.82. The monoisotopic (exact) mass is 723 g/mol. The van der Waals surface area contributed by atoms with Crippen molar-refractivity contribution in [3.05, 3.63) is 94.0 Å². The molecule has 0 unspecified atom stereocenters. The van der Waals surface area contributed by atoms with Crippen LogP contribution in [0.2, 0.25) is 18.6 Å². The quantitative estimate of drug-likeness (QED) is 0.199. The fourth-order valence-electron chi connectivity index (χ4n) is 7.49. The average molecular weight is 725 g/mol. The Kier molecular flexibility index (Phi) is 9.32. The van der Waals surface area contributed by atoms with Crippen LogP contribution in [0.3, 0.4) is 0 Å². The molecular weight excluding hydrogens is 685 g/mol. The Labute approximate surface area is 283 Å². The second-order valence-electron chi connectivity index (χ2n) is 13.0. The summed E-state index contributed by atoms with van der Waals surface area (Å²) in [5.74, 6) is -1.11. The van der Waals surface area contributed by atoms with E-state index in [-0.39, 0.29) is 44.0 Å². The van der Waals surface area contributed by atoms with E-state index >= 15 is 4.11 Å². The standard InChI is InChI=1S/C35H39BrFN3O6Si/c1-23-32(47(2,3)37)30(20-31(42)38(15-17-41)21-24-7-5-4-6-8-24)46-35(23)28-19-26(36)11-14-29(28)40(33(35)43)22-25-9-12-27(13-10-25)39-16-18-45-34(39)44/h4-14,19,23,30,32,41H,15-18,20-22H2,1-3H3/t23-,30+,32-,35+/m0/s1. The number of halogens is 2. The smallest absolute Gasteiger partial charge is 0.414 e. The molecule has 248 valence electrons. The van der Waals surface area contributed by atoms with Crippen molar-refractivity contribution in [2.45, 2.75) is 56.8 Å². The van der Waals surface area contributed by atoms with Crippen LogP contribution in [0.1, 0.15) is 30.0 Å². The maximum Gasteiger partial charge on any atom is 0.414 e. The van der Waals surface area contributed by atoms with Crippen LogP contribution in [0.25, 0.3) is 0 Å². The summed E-state index contributed by atoms with van der Waals surface area (Å²) in [7, 11) is -3.49. The van der Waals surface area contributed by atoms with Crippen molar-refractivity contribution in [3.63, 3.8) is 0 Å². The first-order valence-corrected chi connectivity index (χ1v) is 19.6. The van der Waals surface area contributed by atoms with Crippen molar-refractivity contribution in [2.24, 2.45) is 5.92 Å². The Bertz CT molecular complexity index is 1660. The summed E-state index contributed by atoms with van der Waals surface area (Å²) in [4.78, 5) is 45.3. The molecule has 1 N–H and O–H groups in total.